The average Bonchev–Trinajstić information content (AvgIpc) is 3.92. The highest BCUT2D eigenvalue weighted by atomic mass is 16.3. The number of anilines is 3. The van der Waals surface area contributed by atoms with Crippen LogP contribution in [0.15, 0.2) is 107 Å². The highest BCUT2D eigenvalue weighted by Crippen LogP contribution is 2.66. The van der Waals surface area contributed by atoms with Gasteiger partial charge in [0, 0.05) is 53.9 Å². The summed E-state index contributed by atoms with van der Waals surface area (Å²) < 4.78 is 6.83. The first kappa shape index (κ1) is 32.6. The van der Waals surface area contributed by atoms with Gasteiger partial charge in [0.15, 0.2) is 17.2 Å². The predicted octanol–water partition coefficient (Wildman–Crippen LogP) is 10.7. The van der Waals surface area contributed by atoms with Gasteiger partial charge < -0.3 is 24.0 Å². The van der Waals surface area contributed by atoms with Crippen LogP contribution in [0.5, 0.6) is 0 Å². The Kier molecular flexibility index (Phi) is 7.37. The van der Waals surface area contributed by atoms with E-state index in [2.05, 4.69) is 147 Å². The zero-order valence-corrected chi connectivity index (χ0v) is 31.9. The summed E-state index contributed by atoms with van der Waals surface area (Å²) in [6.45, 7) is 9.36. The zero-order chi connectivity index (χ0) is 36.2. The van der Waals surface area contributed by atoms with E-state index in [0.717, 1.165) is 59.7 Å². The molecule has 6 unspecified atom stereocenters. The van der Waals surface area contributed by atoms with Crippen LogP contribution >= 0.6 is 0 Å². The van der Waals surface area contributed by atoms with Crippen LogP contribution in [0.4, 0.5) is 17.2 Å². The fraction of sp³-hybridized carbons (Fsp3) is 0.391. The number of furan rings is 1. The van der Waals surface area contributed by atoms with Crippen LogP contribution in [0.1, 0.15) is 76.3 Å². The van der Waals surface area contributed by atoms with Crippen LogP contribution in [-0.2, 0) is 0 Å². The van der Waals surface area contributed by atoms with Gasteiger partial charge in [-0.2, -0.15) is 0 Å². The van der Waals surface area contributed by atoms with E-state index in [9.17, 15) is 0 Å². The van der Waals surface area contributed by atoms with E-state index in [0.29, 0.717) is 17.8 Å². The number of aryl methyl sites for hydroxylation is 1. The summed E-state index contributed by atoms with van der Waals surface area (Å²) in [6.07, 6.45) is 18.6. The van der Waals surface area contributed by atoms with Crippen LogP contribution in [-0.4, -0.2) is 41.3 Å². The third-order valence-corrected chi connectivity index (χ3v) is 13.9. The Morgan fingerprint density at radius 3 is 2.62 bits per heavy atom. The normalized spacial score (nSPS) is 27.5. The fourth-order valence-electron chi connectivity index (χ4n) is 11.5. The van der Waals surface area contributed by atoms with Gasteiger partial charge in [0.25, 0.3) is 0 Å². The average molecular weight is 703 g/mol. The van der Waals surface area contributed by atoms with Crippen LogP contribution < -0.4 is 14.7 Å². The van der Waals surface area contributed by atoms with Crippen molar-refractivity contribution in [3.63, 3.8) is 0 Å². The maximum Gasteiger partial charge on any atom is 0.162 e. The van der Waals surface area contributed by atoms with Crippen LogP contribution in [0, 0.1) is 24.2 Å². The molecular formula is C46H50N6O. The Labute approximate surface area is 313 Å². The number of aromatic nitrogens is 2. The largest absolute Gasteiger partial charge is 0.454 e. The second kappa shape index (κ2) is 12.0. The Morgan fingerprint density at radius 1 is 0.962 bits per heavy atom. The van der Waals surface area contributed by atoms with Crippen LogP contribution in [0.25, 0.3) is 33.3 Å². The molecule has 0 saturated heterocycles. The van der Waals surface area contributed by atoms with Crippen molar-refractivity contribution in [1.82, 2.24) is 14.9 Å². The molecule has 3 aromatic carbocycles. The molecule has 10 rings (SSSR count). The minimum Gasteiger partial charge on any atom is -0.454 e. The summed E-state index contributed by atoms with van der Waals surface area (Å²) in [5, 5.41) is 2.41. The van der Waals surface area contributed by atoms with Crippen molar-refractivity contribution in [2.75, 3.05) is 28.8 Å². The van der Waals surface area contributed by atoms with Crippen molar-refractivity contribution in [1.29, 1.82) is 0 Å². The number of nitrogens with zero attached hydrogens (tertiary/aromatic N) is 6. The van der Waals surface area contributed by atoms with Gasteiger partial charge in [-0.25, -0.2) is 9.97 Å². The van der Waals surface area contributed by atoms with E-state index in [4.69, 9.17) is 14.4 Å². The lowest BCUT2D eigenvalue weighted by Crippen LogP contribution is -2.52. The van der Waals surface area contributed by atoms with E-state index in [-0.39, 0.29) is 17.7 Å². The number of rotatable bonds is 5. The van der Waals surface area contributed by atoms with E-state index < -0.39 is 0 Å². The maximum atomic E-state index is 6.83. The van der Waals surface area contributed by atoms with Crippen molar-refractivity contribution >= 4 is 39.1 Å². The van der Waals surface area contributed by atoms with E-state index in [1.54, 1.807) is 0 Å². The Balaban J connectivity index is 1.16. The second-order valence-corrected chi connectivity index (χ2v) is 16.2. The first-order valence-corrected chi connectivity index (χ1v) is 19.8. The Bertz CT molecular complexity index is 2370. The first-order chi connectivity index (χ1) is 25.9. The molecule has 5 aliphatic rings. The number of hydrogen-bond acceptors (Lipinski definition) is 7. The highest BCUT2D eigenvalue weighted by molar-refractivity contribution is 6.10. The number of para-hydroxylation sites is 1. The quantitative estimate of drug-likeness (QED) is 0.181. The van der Waals surface area contributed by atoms with Gasteiger partial charge in [-0.15, -0.1) is 0 Å². The van der Waals surface area contributed by atoms with Crippen molar-refractivity contribution in [3.8, 4) is 11.4 Å². The summed E-state index contributed by atoms with van der Waals surface area (Å²) in [4.78, 5) is 20.3. The molecule has 7 nitrogen and oxygen atoms in total. The third-order valence-electron chi connectivity index (χ3n) is 13.9. The molecule has 53 heavy (non-hydrogen) atoms. The molecule has 5 heterocycles. The van der Waals surface area contributed by atoms with Gasteiger partial charge >= 0.3 is 0 Å². The SMILES string of the molecule is CCC1c2ccc3c(oc4ccccc43)c2N2C=CN(C)C2C2(CC)CCC(C3=C(N4c5nc(-c6ccccc6C)ncc5N(C)C4C)CCC=C3)C12. The van der Waals surface area contributed by atoms with Crippen LogP contribution in [0.2, 0.25) is 0 Å². The smallest absolute Gasteiger partial charge is 0.162 e. The Hall–Kier alpha value is -5.04. The van der Waals surface area contributed by atoms with Gasteiger partial charge in [-0.1, -0.05) is 80.6 Å². The molecule has 0 N–H and O–H groups in total. The van der Waals surface area contributed by atoms with E-state index >= 15 is 0 Å². The lowest BCUT2D eigenvalue weighted by molar-refractivity contribution is 0.0559. The molecule has 0 amide bonds. The summed E-state index contributed by atoms with van der Waals surface area (Å²) >= 11 is 0. The van der Waals surface area contributed by atoms with Crippen LogP contribution in [0.3, 0.4) is 0 Å². The molecule has 1 saturated carbocycles. The molecule has 2 aromatic heterocycles. The van der Waals surface area contributed by atoms with Crippen molar-refractivity contribution < 1.29 is 4.42 Å². The number of hydrogen-bond donors (Lipinski definition) is 0. The lowest BCUT2D eigenvalue weighted by atomic mass is 9.62. The summed E-state index contributed by atoms with van der Waals surface area (Å²) in [5.74, 6) is 3.08. The van der Waals surface area contributed by atoms with Crippen molar-refractivity contribution in [2.45, 2.75) is 84.5 Å². The number of allylic oxidation sites excluding steroid dienone is 4. The molecule has 0 radical (unpaired) electrons. The molecule has 6 atom stereocenters. The van der Waals surface area contributed by atoms with Crippen molar-refractivity contribution in [2.24, 2.45) is 17.3 Å². The fourth-order valence-corrected chi connectivity index (χ4v) is 11.5. The molecule has 3 aliphatic heterocycles. The molecular weight excluding hydrogens is 653 g/mol. The van der Waals surface area contributed by atoms with Gasteiger partial charge in [0.2, 0.25) is 0 Å². The zero-order valence-electron chi connectivity index (χ0n) is 31.9. The predicted molar refractivity (Wildman–Crippen MR) is 217 cm³/mol. The number of benzene rings is 3. The van der Waals surface area contributed by atoms with Gasteiger partial charge in [-0.3, -0.25) is 0 Å². The first-order valence-electron chi connectivity index (χ1n) is 19.8. The standard InChI is InChI=1S/C46H50N6O/c1-7-30-35-21-22-36-33-18-12-14-20-39(33)53-42(36)41(35)51-26-25-49(5)45(51)46(8-2)24-23-34(40(30)46)32-17-11-13-19-37(32)52-29(4)50(6)38-27-47-43(48-44(38)52)31-16-10-9-15-28(31)3/h9-12,14-18,20-22,25-27,29-30,34,40,45H,7-8,13,19,23-24H2,1-6H3. The third kappa shape index (κ3) is 4.46. The monoisotopic (exact) mass is 702 g/mol. The Morgan fingerprint density at radius 2 is 1.79 bits per heavy atom. The molecule has 270 valence electrons. The summed E-state index contributed by atoms with van der Waals surface area (Å²) in [6, 6.07) is 21.8. The molecule has 0 spiro atoms. The topological polar surface area (TPSA) is 51.9 Å². The molecule has 2 aliphatic carbocycles. The van der Waals surface area contributed by atoms with E-state index in [1.165, 1.54) is 51.7 Å². The second-order valence-electron chi connectivity index (χ2n) is 16.2. The van der Waals surface area contributed by atoms with Gasteiger partial charge in [-0.05, 0) is 92.9 Å². The van der Waals surface area contributed by atoms with Gasteiger partial charge in [0.1, 0.15) is 23.6 Å². The summed E-state index contributed by atoms with van der Waals surface area (Å²) in [7, 11) is 4.49. The van der Waals surface area contributed by atoms with Crippen molar-refractivity contribution in [3.05, 3.63) is 114 Å². The maximum absolute atomic E-state index is 6.83. The highest BCUT2D eigenvalue weighted by Gasteiger charge is 2.61. The van der Waals surface area contributed by atoms with Gasteiger partial charge in [0.05, 0.1) is 11.9 Å². The lowest BCUT2D eigenvalue weighted by Gasteiger charge is -2.48. The summed E-state index contributed by atoms with van der Waals surface area (Å²) in [5.41, 5.74) is 11.1. The molecule has 0 bridgehead atoms. The minimum absolute atomic E-state index is 0.0792. The minimum atomic E-state index is 0.0792. The van der Waals surface area contributed by atoms with E-state index in [1.807, 2.05) is 6.20 Å². The molecule has 7 heteroatoms. The molecule has 1 fully saturated rings. The number of fused-ring (bicyclic) bond motifs is 10. The molecule has 5 aromatic rings.